The minimum absolute atomic E-state index is 0. The number of nitrogens with zero attached hydrogens (tertiary/aromatic N) is 1. The number of carbonyl (C=O) groups is 1. The van der Waals surface area contributed by atoms with Gasteiger partial charge in [0.25, 0.3) is 0 Å². The minimum Gasteiger partial charge on any atom is -0.468 e. The van der Waals surface area contributed by atoms with Crippen LogP contribution in [0.4, 0.5) is 0 Å². The third-order valence-corrected chi connectivity index (χ3v) is 2.67. The lowest BCUT2D eigenvalue weighted by molar-refractivity contribution is -0.142. The molecule has 0 spiro atoms. The van der Waals surface area contributed by atoms with Gasteiger partial charge in [-0.25, -0.2) is 0 Å². The van der Waals surface area contributed by atoms with E-state index >= 15 is 0 Å². The quantitative estimate of drug-likeness (QED) is 0.882. The normalized spacial score (nSPS) is 11.1. The summed E-state index contributed by atoms with van der Waals surface area (Å²) in [5, 5.41) is 2.11. The topological polar surface area (TPSA) is 65.2 Å². The number of hydrogen-bond donors (Lipinski definition) is 1. The lowest BCUT2D eigenvalue weighted by Gasteiger charge is -2.10. The molecule has 4 nitrogen and oxygen atoms in total. The van der Waals surface area contributed by atoms with Crippen molar-refractivity contribution in [2.75, 3.05) is 7.11 Å². The summed E-state index contributed by atoms with van der Waals surface area (Å²) in [5.74, 6) is -0.417. The first kappa shape index (κ1) is 17.6. The molecule has 1 unspecified atom stereocenters. The van der Waals surface area contributed by atoms with Crippen LogP contribution < -0.4 is 5.73 Å². The van der Waals surface area contributed by atoms with Crippen LogP contribution in [0.5, 0.6) is 0 Å². The molecule has 6 heteroatoms. The number of hydrogen-bond acceptors (Lipinski definition) is 4. The second-order valence-corrected chi connectivity index (χ2v) is 3.81. The molecule has 0 radical (unpaired) electrons. The highest BCUT2D eigenvalue weighted by Crippen LogP contribution is 2.17. The molecule has 0 amide bonds. The highest BCUT2D eigenvalue weighted by atomic mass is 35.5. The number of halogens is 2. The summed E-state index contributed by atoms with van der Waals surface area (Å²) in [6.07, 6.45) is 2.11. The molecule has 2 N–H and O–H groups in total. The average Bonchev–Trinajstić information content (AvgIpc) is 2.38. The summed E-state index contributed by atoms with van der Waals surface area (Å²) in [7, 11) is 1.33. The Bertz CT molecular complexity index is 544. The summed E-state index contributed by atoms with van der Waals surface area (Å²) >= 11 is 0. The molecule has 0 aliphatic carbocycles. The van der Waals surface area contributed by atoms with Crippen LogP contribution in [0.25, 0.3) is 10.8 Å². The second-order valence-electron chi connectivity index (χ2n) is 3.81. The zero-order chi connectivity index (χ0) is 12.3. The van der Waals surface area contributed by atoms with Crippen molar-refractivity contribution < 1.29 is 9.53 Å². The molecule has 1 aromatic heterocycles. The van der Waals surface area contributed by atoms with E-state index < -0.39 is 12.0 Å². The highest BCUT2D eigenvalue weighted by Gasteiger charge is 2.16. The van der Waals surface area contributed by atoms with Gasteiger partial charge in [0.15, 0.2) is 0 Å². The summed E-state index contributed by atoms with van der Waals surface area (Å²) in [4.78, 5) is 15.6. The molecular weight excluding hydrogens is 287 g/mol. The zero-order valence-corrected chi connectivity index (χ0v) is 12.0. The Morgan fingerprint density at radius 1 is 1.32 bits per heavy atom. The van der Waals surface area contributed by atoms with Gasteiger partial charge in [0.2, 0.25) is 0 Å². The van der Waals surface area contributed by atoms with Crippen molar-refractivity contribution in [1.82, 2.24) is 4.98 Å². The largest absolute Gasteiger partial charge is 0.468 e. The van der Waals surface area contributed by atoms with Crippen LogP contribution in [0, 0.1) is 0 Å². The molecule has 19 heavy (non-hydrogen) atoms. The van der Waals surface area contributed by atoms with Crippen molar-refractivity contribution in [2.45, 2.75) is 12.5 Å². The predicted octanol–water partition coefficient (Wildman–Crippen LogP) is 2.12. The molecule has 1 atom stereocenters. The Balaban J connectivity index is 0.00000162. The first-order valence-corrected chi connectivity index (χ1v) is 5.38. The van der Waals surface area contributed by atoms with E-state index in [0.717, 1.165) is 16.5 Å². The number of methoxy groups -OCH3 is 1. The van der Waals surface area contributed by atoms with E-state index in [1.165, 1.54) is 7.11 Å². The number of carbonyl (C=O) groups excluding carboxylic acids is 1. The van der Waals surface area contributed by atoms with E-state index in [4.69, 9.17) is 5.73 Å². The monoisotopic (exact) mass is 302 g/mol. The predicted molar refractivity (Wildman–Crippen MR) is 79.9 cm³/mol. The van der Waals surface area contributed by atoms with Crippen LogP contribution in [-0.2, 0) is 16.0 Å². The van der Waals surface area contributed by atoms with Crippen molar-refractivity contribution in [3.8, 4) is 0 Å². The molecule has 0 fully saturated rings. The molecule has 104 valence electrons. The van der Waals surface area contributed by atoms with Gasteiger partial charge in [-0.3, -0.25) is 9.78 Å². The van der Waals surface area contributed by atoms with Gasteiger partial charge < -0.3 is 10.5 Å². The van der Waals surface area contributed by atoms with Gasteiger partial charge >= 0.3 is 5.97 Å². The van der Waals surface area contributed by atoms with E-state index in [1.54, 1.807) is 6.20 Å². The van der Waals surface area contributed by atoms with Gasteiger partial charge in [-0.15, -0.1) is 24.8 Å². The average molecular weight is 303 g/mol. The van der Waals surface area contributed by atoms with E-state index in [0.29, 0.717) is 6.42 Å². The maximum absolute atomic E-state index is 11.3. The minimum atomic E-state index is -0.668. The molecule has 0 saturated heterocycles. The van der Waals surface area contributed by atoms with Crippen LogP contribution >= 0.6 is 24.8 Å². The van der Waals surface area contributed by atoms with Crippen LogP contribution in [0.3, 0.4) is 0 Å². The molecular formula is C13H16Cl2N2O2. The number of rotatable bonds is 3. The number of fused-ring (bicyclic) bond motifs is 1. The zero-order valence-electron chi connectivity index (χ0n) is 10.4. The van der Waals surface area contributed by atoms with Gasteiger partial charge in [-0.05, 0) is 11.5 Å². The van der Waals surface area contributed by atoms with Crippen molar-refractivity contribution >= 4 is 41.6 Å². The van der Waals surface area contributed by atoms with E-state index in [2.05, 4.69) is 9.72 Å². The van der Waals surface area contributed by atoms with E-state index in [9.17, 15) is 4.79 Å². The number of aromatic nitrogens is 1. The van der Waals surface area contributed by atoms with Gasteiger partial charge in [-0.1, -0.05) is 24.3 Å². The maximum Gasteiger partial charge on any atom is 0.323 e. The smallest absolute Gasteiger partial charge is 0.323 e. The molecule has 0 bridgehead atoms. The fourth-order valence-electron chi connectivity index (χ4n) is 1.79. The van der Waals surface area contributed by atoms with Crippen molar-refractivity contribution in [3.63, 3.8) is 0 Å². The number of ether oxygens (including phenoxy) is 1. The van der Waals surface area contributed by atoms with Gasteiger partial charge in [0.1, 0.15) is 6.04 Å². The van der Waals surface area contributed by atoms with Crippen LogP contribution in [0.15, 0.2) is 36.5 Å². The fourth-order valence-corrected chi connectivity index (χ4v) is 1.79. The Hall–Kier alpha value is -1.36. The molecule has 2 rings (SSSR count). The summed E-state index contributed by atoms with van der Waals surface area (Å²) in [6, 6.07) is 9.15. The lowest BCUT2D eigenvalue weighted by atomic mass is 10.0. The molecule has 2 aromatic rings. The third-order valence-electron chi connectivity index (χ3n) is 2.67. The van der Waals surface area contributed by atoms with Crippen molar-refractivity contribution in [3.05, 3.63) is 42.2 Å². The van der Waals surface area contributed by atoms with Crippen LogP contribution in [0.1, 0.15) is 5.69 Å². The lowest BCUT2D eigenvalue weighted by Crippen LogP contribution is -2.33. The Morgan fingerprint density at radius 2 is 2.00 bits per heavy atom. The SMILES string of the molecule is COC(=O)C(N)Cc1nccc2ccccc12.Cl.Cl. The Labute approximate surface area is 124 Å². The van der Waals surface area contributed by atoms with Crippen molar-refractivity contribution in [1.29, 1.82) is 0 Å². The number of pyridine rings is 1. The maximum atomic E-state index is 11.3. The standard InChI is InChI=1S/C13H14N2O2.2ClH/c1-17-13(16)11(14)8-12-10-5-3-2-4-9(10)6-7-15-12;;/h2-7,11H,8,14H2,1H3;2*1H. The summed E-state index contributed by atoms with van der Waals surface area (Å²) in [6.45, 7) is 0. The van der Waals surface area contributed by atoms with Crippen molar-refractivity contribution in [2.24, 2.45) is 5.73 Å². The van der Waals surface area contributed by atoms with Crippen LogP contribution in [0.2, 0.25) is 0 Å². The van der Waals surface area contributed by atoms with E-state index in [1.807, 2.05) is 30.3 Å². The molecule has 0 aliphatic heterocycles. The first-order valence-electron chi connectivity index (χ1n) is 5.38. The van der Waals surface area contributed by atoms with E-state index in [-0.39, 0.29) is 24.8 Å². The molecule has 1 heterocycles. The first-order chi connectivity index (χ1) is 8.22. The Morgan fingerprint density at radius 3 is 2.68 bits per heavy atom. The number of benzene rings is 1. The molecule has 1 aromatic carbocycles. The Kier molecular flexibility index (Phi) is 7.37. The van der Waals surface area contributed by atoms with Crippen LogP contribution in [-0.4, -0.2) is 24.1 Å². The molecule has 0 aliphatic rings. The van der Waals surface area contributed by atoms with Gasteiger partial charge in [0, 0.05) is 18.0 Å². The van der Waals surface area contributed by atoms with Gasteiger partial charge in [0.05, 0.1) is 12.8 Å². The fraction of sp³-hybridized carbons (Fsp3) is 0.231. The third kappa shape index (κ3) is 4.06. The summed E-state index contributed by atoms with van der Waals surface area (Å²) < 4.78 is 4.60. The molecule has 0 saturated carbocycles. The highest BCUT2D eigenvalue weighted by molar-refractivity contribution is 5.86. The van der Waals surface area contributed by atoms with Gasteiger partial charge in [-0.2, -0.15) is 0 Å². The number of esters is 1. The summed E-state index contributed by atoms with van der Waals surface area (Å²) in [5.41, 5.74) is 6.56. The second kappa shape index (κ2) is 7.94. The number of nitrogens with two attached hydrogens (primary N) is 1.